The van der Waals surface area contributed by atoms with Gasteiger partial charge in [-0.2, -0.15) is 0 Å². The van der Waals surface area contributed by atoms with E-state index in [9.17, 15) is 0 Å². The second kappa shape index (κ2) is 5.05. The Kier molecular flexibility index (Phi) is 3.49. The summed E-state index contributed by atoms with van der Waals surface area (Å²) < 4.78 is 10.7. The first-order valence-corrected chi connectivity index (χ1v) is 5.22. The van der Waals surface area contributed by atoms with Crippen LogP contribution in [-0.4, -0.2) is 5.11 Å². The smallest absolute Gasteiger partial charge is 0.146 e. The first kappa shape index (κ1) is 11.0. The fraction of sp³-hybridized carbons (Fsp3) is 0.167. The lowest BCUT2D eigenvalue weighted by atomic mass is 10.3. The van der Waals surface area contributed by atoms with E-state index < -0.39 is 0 Å². The van der Waals surface area contributed by atoms with E-state index in [0.717, 1.165) is 5.75 Å². The summed E-state index contributed by atoms with van der Waals surface area (Å²) in [6.07, 6.45) is 0. The molecule has 0 amide bonds. The highest BCUT2D eigenvalue weighted by atomic mass is 35.5. The van der Waals surface area contributed by atoms with Crippen LogP contribution in [0.25, 0.3) is 0 Å². The monoisotopic (exact) mass is 238 g/mol. The van der Waals surface area contributed by atoms with Gasteiger partial charge in [0.2, 0.25) is 0 Å². The molecule has 0 aliphatic rings. The number of rotatable bonds is 4. The maximum atomic E-state index is 8.82. The van der Waals surface area contributed by atoms with Gasteiger partial charge in [-0.3, -0.25) is 0 Å². The van der Waals surface area contributed by atoms with Crippen LogP contribution in [0.5, 0.6) is 5.75 Å². The first-order chi connectivity index (χ1) is 7.78. The number of hydrogen-bond acceptors (Lipinski definition) is 3. The molecule has 1 aromatic carbocycles. The number of halogens is 1. The molecule has 2 aromatic rings. The Labute approximate surface area is 98.2 Å². The zero-order valence-electron chi connectivity index (χ0n) is 8.52. The van der Waals surface area contributed by atoms with Crippen molar-refractivity contribution in [3.05, 3.63) is 52.9 Å². The molecule has 16 heavy (non-hydrogen) atoms. The van der Waals surface area contributed by atoms with Crippen molar-refractivity contribution in [3.8, 4) is 5.75 Å². The SMILES string of the molecule is OCc1ccc(COc2ccc(Cl)cc2)o1. The third kappa shape index (κ3) is 2.78. The fourth-order valence-electron chi connectivity index (χ4n) is 1.27. The molecular formula is C12H11ClO3. The molecule has 1 aromatic heterocycles. The highest BCUT2D eigenvalue weighted by Gasteiger charge is 2.01. The van der Waals surface area contributed by atoms with Gasteiger partial charge < -0.3 is 14.3 Å². The molecule has 3 nitrogen and oxygen atoms in total. The lowest BCUT2D eigenvalue weighted by Gasteiger charge is -2.03. The van der Waals surface area contributed by atoms with Crippen molar-refractivity contribution in [1.29, 1.82) is 0 Å². The molecule has 0 saturated heterocycles. The van der Waals surface area contributed by atoms with Gasteiger partial charge in [0.25, 0.3) is 0 Å². The third-order valence-corrected chi connectivity index (χ3v) is 2.32. The molecule has 0 unspecified atom stereocenters. The summed E-state index contributed by atoms with van der Waals surface area (Å²) in [4.78, 5) is 0. The number of aliphatic hydroxyl groups excluding tert-OH is 1. The predicted molar refractivity (Wildman–Crippen MR) is 60.4 cm³/mol. The van der Waals surface area contributed by atoms with Gasteiger partial charge in [-0.05, 0) is 36.4 Å². The predicted octanol–water partition coefficient (Wildman–Crippen LogP) is 3.00. The van der Waals surface area contributed by atoms with Crippen LogP contribution in [0.1, 0.15) is 11.5 Å². The van der Waals surface area contributed by atoms with E-state index in [4.69, 9.17) is 25.9 Å². The summed E-state index contributed by atoms with van der Waals surface area (Å²) in [5, 5.41) is 9.49. The minimum absolute atomic E-state index is 0.0963. The van der Waals surface area contributed by atoms with Gasteiger partial charge in [-0.15, -0.1) is 0 Å². The van der Waals surface area contributed by atoms with Gasteiger partial charge in [-0.1, -0.05) is 11.6 Å². The van der Waals surface area contributed by atoms with E-state index in [0.29, 0.717) is 23.2 Å². The van der Waals surface area contributed by atoms with Crippen LogP contribution in [-0.2, 0) is 13.2 Å². The molecule has 0 saturated carbocycles. The van der Waals surface area contributed by atoms with Crippen LogP contribution in [0.2, 0.25) is 5.02 Å². The Balaban J connectivity index is 1.94. The van der Waals surface area contributed by atoms with Gasteiger partial charge in [0.1, 0.15) is 30.5 Å². The van der Waals surface area contributed by atoms with Crippen molar-refractivity contribution in [1.82, 2.24) is 0 Å². The van der Waals surface area contributed by atoms with Crippen LogP contribution in [0.4, 0.5) is 0 Å². The van der Waals surface area contributed by atoms with Gasteiger partial charge in [0.15, 0.2) is 0 Å². The minimum atomic E-state index is -0.0963. The Morgan fingerprint density at radius 3 is 2.38 bits per heavy atom. The summed E-state index contributed by atoms with van der Waals surface area (Å²) in [6.45, 7) is 0.239. The van der Waals surface area contributed by atoms with E-state index in [-0.39, 0.29) is 6.61 Å². The molecule has 0 fully saturated rings. The molecule has 0 aliphatic heterocycles. The summed E-state index contributed by atoms with van der Waals surface area (Å²) >= 11 is 5.75. The van der Waals surface area contributed by atoms with Crippen molar-refractivity contribution in [2.75, 3.05) is 0 Å². The Morgan fingerprint density at radius 2 is 1.75 bits per heavy atom. The molecule has 2 rings (SSSR count). The molecular weight excluding hydrogens is 228 g/mol. The maximum absolute atomic E-state index is 8.82. The fourth-order valence-corrected chi connectivity index (χ4v) is 1.40. The molecule has 0 spiro atoms. The zero-order chi connectivity index (χ0) is 11.4. The highest BCUT2D eigenvalue weighted by Crippen LogP contribution is 2.17. The molecule has 1 N–H and O–H groups in total. The summed E-state index contributed by atoms with van der Waals surface area (Å²) in [5.74, 6) is 1.94. The Hall–Kier alpha value is -1.45. The number of hydrogen-bond donors (Lipinski definition) is 1. The second-order valence-electron chi connectivity index (χ2n) is 3.27. The summed E-state index contributed by atoms with van der Waals surface area (Å²) in [6, 6.07) is 10.6. The largest absolute Gasteiger partial charge is 0.486 e. The summed E-state index contributed by atoms with van der Waals surface area (Å²) in [7, 11) is 0. The van der Waals surface area contributed by atoms with E-state index >= 15 is 0 Å². The molecule has 84 valence electrons. The van der Waals surface area contributed by atoms with E-state index in [2.05, 4.69) is 0 Å². The molecule has 0 bridgehead atoms. The topological polar surface area (TPSA) is 42.6 Å². The van der Waals surface area contributed by atoms with Crippen LogP contribution >= 0.6 is 11.6 Å². The lowest BCUT2D eigenvalue weighted by molar-refractivity contribution is 0.225. The van der Waals surface area contributed by atoms with E-state index in [1.807, 2.05) is 0 Å². The van der Waals surface area contributed by atoms with E-state index in [1.165, 1.54) is 0 Å². The van der Waals surface area contributed by atoms with Gasteiger partial charge in [0, 0.05) is 5.02 Å². The number of benzene rings is 1. The summed E-state index contributed by atoms with van der Waals surface area (Å²) in [5.41, 5.74) is 0. The molecule has 0 aliphatic carbocycles. The normalized spacial score (nSPS) is 10.4. The Morgan fingerprint density at radius 1 is 1.06 bits per heavy atom. The quantitative estimate of drug-likeness (QED) is 0.890. The third-order valence-electron chi connectivity index (χ3n) is 2.07. The number of ether oxygens (including phenoxy) is 1. The van der Waals surface area contributed by atoms with Gasteiger partial charge in [-0.25, -0.2) is 0 Å². The van der Waals surface area contributed by atoms with Crippen molar-refractivity contribution in [2.45, 2.75) is 13.2 Å². The molecule has 0 atom stereocenters. The molecule has 1 heterocycles. The van der Waals surface area contributed by atoms with Crippen LogP contribution in [0.3, 0.4) is 0 Å². The van der Waals surface area contributed by atoms with Crippen molar-refractivity contribution < 1.29 is 14.3 Å². The average molecular weight is 239 g/mol. The van der Waals surface area contributed by atoms with Gasteiger partial charge >= 0.3 is 0 Å². The first-order valence-electron chi connectivity index (χ1n) is 4.85. The van der Waals surface area contributed by atoms with Crippen molar-refractivity contribution >= 4 is 11.6 Å². The van der Waals surface area contributed by atoms with Crippen molar-refractivity contribution in [3.63, 3.8) is 0 Å². The molecule has 4 heteroatoms. The molecule has 0 radical (unpaired) electrons. The van der Waals surface area contributed by atoms with Crippen LogP contribution in [0.15, 0.2) is 40.8 Å². The minimum Gasteiger partial charge on any atom is -0.486 e. The second-order valence-corrected chi connectivity index (χ2v) is 3.71. The zero-order valence-corrected chi connectivity index (χ0v) is 9.28. The highest BCUT2D eigenvalue weighted by molar-refractivity contribution is 6.30. The standard InChI is InChI=1S/C12H11ClO3/c13-9-1-3-10(4-2-9)15-8-12-6-5-11(7-14)16-12/h1-6,14H,7-8H2. The van der Waals surface area contributed by atoms with Crippen LogP contribution < -0.4 is 4.74 Å². The number of aliphatic hydroxyl groups is 1. The Bertz CT molecular complexity index is 448. The lowest BCUT2D eigenvalue weighted by Crippen LogP contribution is -1.93. The van der Waals surface area contributed by atoms with Crippen molar-refractivity contribution in [2.24, 2.45) is 0 Å². The average Bonchev–Trinajstić information content (AvgIpc) is 2.76. The van der Waals surface area contributed by atoms with Crippen LogP contribution in [0, 0.1) is 0 Å². The maximum Gasteiger partial charge on any atom is 0.146 e. The van der Waals surface area contributed by atoms with E-state index in [1.54, 1.807) is 36.4 Å². The van der Waals surface area contributed by atoms with Gasteiger partial charge in [0.05, 0.1) is 0 Å². The number of furan rings is 1.